The summed E-state index contributed by atoms with van der Waals surface area (Å²) in [6, 6.07) is 6.68. The molecule has 0 radical (unpaired) electrons. The van der Waals surface area contributed by atoms with Crippen LogP contribution in [0, 0.1) is 0 Å². The van der Waals surface area contributed by atoms with Gasteiger partial charge in [-0.2, -0.15) is 9.40 Å². The van der Waals surface area contributed by atoms with Gasteiger partial charge in [0, 0.05) is 45.5 Å². The minimum absolute atomic E-state index is 0.152. The van der Waals surface area contributed by atoms with Gasteiger partial charge in [-0.25, -0.2) is 8.42 Å². The summed E-state index contributed by atoms with van der Waals surface area (Å²) in [5, 5.41) is 6.93. The van der Waals surface area contributed by atoms with Gasteiger partial charge in [0.25, 0.3) is 0 Å². The zero-order valence-electron chi connectivity index (χ0n) is 18.1. The predicted octanol–water partition coefficient (Wildman–Crippen LogP) is 1.94. The van der Waals surface area contributed by atoms with E-state index in [9.17, 15) is 13.2 Å². The molecule has 1 amide bonds. The maximum atomic E-state index is 13.0. The van der Waals surface area contributed by atoms with Gasteiger partial charge >= 0.3 is 0 Å². The maximum absolute atomic E-state index is 13.0. The Balaban J connectivity index is 1.93. The van der Waals surface area contributed by atoms with E-state index in [1.165, 1.54) is 16.4 Å². The highest BCUT2D eigenvalue weighted by Gasteiger charge is 2.24. The van der Waals surface area contributed by atoms with E-state index >= 15 is 0 Å². The van der Waals surface area contributed by atoms with E-state index in [0.717, 1.165) is 11.4 Å². The molecule has 10 heteroatoms. The average molecular weight is 448 g/mol. The van der Waals surface area contributed by atoms with Crippen molar-refractivity contribution >= 4 is 33.4 Å². The van der Waals surface area contributed by atoms with Gasteiger partial charge in [-0.15, -0.1) is 0 Å². The van der Waals surface area contributed by atoms with Crippen molar-refractivity contribution in [2.24, 2.45) is 7.05 Å². The number of benzene rings is 1. The first-order valence-electron chi connectivity index (χ1n) is 10.3. The molecule has 9 nitrogen and oxygen atoms in total. The monoisotopic (exact) mass is 447 g/mol. The molecule has 1 N–H and O–H groups in total. The van der Waals surface area contributed by atoms with Gasteiger partial charge in [0.2, 0.25) is 15.9 Å². The molecule has 0 atom stereocenters. The van der Waals surface area contributed by atoms with Crippen molar-refractivity contribution in [1.29, 1.82) is 0 Å². The third-order valence-electron chi connectivity index (χ3n) is 5.19. The first-order chi connectivity index (χ1) is 14.9. The molecule has 1 aliphatic heterocycles. The standard InChI is InChI=1S/C21H29N5O4S/c1-4-26(5-2)31(28,29)18-7-8-20(25-12-14-30-15-13-25)19(16-18)23-21(27)9-6-17-10-11-22-24(17)3/h6-11,16H,4-5,12-15H2,1-3H3,(H,23,27)/b9-6+. The minimum Gasteiger partial charge on any atom is -0.378 e. The van der Waals surface area contributed by atoms with Crippen LogP contribution in [-0.4, -0.2) is 67.8 Å². The third kappa shape index (κ3) is 5.33. The number of amides is 1. The smallest absolute Gasteiger partial charge is 0.248 e. The second-order valence-corrected chi connectivity index (χ2v) is 9.01. The molecule has 0 saturated carbocycles. The number of nitrogens with zero attached hydrogens (tertiary/aromatic N) is 4. The Labute approximate surface area is 183 Å². The molecular formula is C21H29N5O4S. The second-order valence-electron chi connectivity index (χ2n) is 7.07. The summed E-state index contributed by atoms with van der Waals surface area (Å²) >= 11 is 0. The molecule has 168 valence electrons. The second kappa shape index (κ2) is 10.1. The van der Waals surface area contributed by atoms with Crippen molar-refractivity contribution in [2.75, 3.05) is 49.6 Å². The quantitative estimate of drug-likeness (QED) is 0.621. The van der Waals surface area contributed by atoms with Gasteiger partial charge in [-0.3, -0.25) is 9.48 Å². The van der Waals surface area contributed by atoms with Crippen molar-refractivity contribution in [3.8, 4) is 0 Å². The molecule has 1 aliphatic rings. The molecule has 0 spiro atoms. The lowest BCUT2D eigenvalue weighted by Gasteiger charge is -2.31. The van der Waals surface area contributed by atoms with Crippen molar-refractivity contribution in [2.45, 2.75) is 18.7 Å². The number of carbonyl (C=O) groups excluding carboxylic acids is 1. The Morgan fingerprint density at radius 1 is 1.23 bits per heavy atom. The summed E-state index contributed by atoms with van der Waals surface area (Å²) < 4.78 is 34.5. The predicted molar refractivity (Wildman–Crippen MR) is 120 cm³/mol. The van der Waals surface area contributed by atoms with E-state index < -0.39 is 10.0 Å². The number of sulfonamides is 1. The third-order valence-corrected chi connectivity index (χ3v) is 7.23. The summed E-state index contributed by atoms with van der Waals surface area (Å²) in [6.07, 6.45) is 4.72. The number of carbonyl (C=O) groups is 1. The Morgan fingerprint density at radius 3 is 2.55 bits per heavy atom. The Bertz CT molecular complexity index is 1040. The van der Waals surface area contributed by atoms with Crippen LogP contribution in [0.1, 0.15) is 19.5 Å². The number of nitrogens with one attached hydrogen (secondary N) is 1. The van der Waals surface area contributed by atoms with Crippen LogP contribution in [0.3, 0.4) is 0 Å². The number of hydrogen-bond acceptors (Lipinski definition) is 6. The highest BCUT2D eigenvalue weighted by atomic mass is 32.2. The summed E-state index contributed by atoms with van der Waals surface area (Å²) in [5.41, 5.74) is 2.00. The molecule has 0 aliphatic carbocycles. The first-order valence-corrected chi connectivity index (χ1v) is 11.7. The number of morpholine rings is 1. The molecule has 2 heterocycles. The molecule has 0 unspecified atom stereocenters. The van der Waals surface area contributed by atoms with Crippen molar-refractivity contribution < 1.29 is 17.9 Å². The number of anilines is 2. The molecule has 1 aromatic carbocycles. The Hall–Kier alpha value is -2.69. The van der Waals surface area contributed by atoms with E-state index in [0.29, 0.717) is 45.1 Å². The van der Waals surface area contributed by atoms with E-state index in [1.54, 1.807) is 56.0 Å². The zero-order valence-corrected chi connectivity index (χ0v) is 18.9. The van der Waals surface area contributed by atoms with Gasteiger partial charge < -0.3 is 15.0 Å². The van der Waals surface area contributed by atoms with Gasteiger partial charge in [0.1, 0.15) is 0 Å². The zero-order chi connectivity index (χ0) is 22.4. The van der Waals surface area contributed by atoms with Crippen LogP contribution in [0.15, 0.2) is 41.4 Å². The average Bonchev–Trinajstić information content (AvgIpc) is 3.18. The van der Waals surface area contributed by atoms with E-state index in [1.807, 2.05) is 0 Å². The molecule has 1 saturated heterocycles. The molecule has 2 aromatic rings. The molecule has 1 fully saturated rings. The number of hydrogen-bond donors (Lipinski definition) is 1. The summed E-state index contributed by atoms with van der Waals surface area (Å²) in [6.45, 7) is 6.83. The minimum atomic E-state index is -3.65. The summed E-state index contributed by atoms with van der Waals surface area (Å²) in [4.78, 5) is 14.9. The Morgan fingerprint density at radius 2 is 1.94 bits per heavy atom. The lowest BCUT2D eigenvalue weighted by atomic mass is 10.2. The van der Waals surface area contributed by atoms with Crippen molar-refractivity contribution in [3.05, 3.63) is 42.2 Å². The molecular weight excluding hydrogens is 418 g/mol. The fraction of sp³-hybridized carbons (Fsp3) is 0.429. The fourth-order valence-electron chi connectivity index (χ4n) is 3.45. The van der Waals surface area contributed by atoms with Gasteiger partial charge in [-0.05, 0) is 30.3 Å². The SMILES string of the molecule is CCN(CC)S(=O)(=O)c1ccc(N2CCOCC2)c(NC(=O)/C=C/c2ccnn2C)c1. The van der Waals surface area contributed by atoms with E-state index in [-0.39, 0.29) is 10.8 Å². The number of rotatable bonds is 8. The van der Waals surface area contributed by atoms with Crippen LogP contribution >= 0.6 is 0 Å². The lowest BCUT2D eigenvalue weighted by Crippen LogP contribution is -2.37. The first kappa shape index (κ1) is 23.0. The highest BCUT2D eigenvalue weighted by molar-refractivity contribution is 7.89. The van der Waals surface area contributed by atoms with E-state index in [4.69, 9.17) is 4.74 Å². The topological polar surface area (TPSA) is 96.8 Å². The number of aryl methyl sites for hydroxylation is 1. The maximum Gasteiger partial charge on any atom is 0.248 e. The van der Waals surface area contributed by atoms with Gasteiger partial charge in [0.15, 0.2) is 0 Å². The normalized spacial score (nSPS) is 15.0. The number of ether oxygens (including phenoxy) is 1. The van der Waals surface area contributed by atoms with E-state index in [2.05, 4.69) is 15.3 Å². The summed E-state index contributed by atoms with van der Waals surface area (Å²) in [7, 11) is -1.86. The lowest BCUT2D eigenvalue weighted by molar-refractivity contribution is -0.111. The number of aromatic nitrogens is 2. The van der Waals surface area contributed by atoms with Crippen molar-refractivity contribution in [1.82, 2.24) is 14.1 Å². The summed E-state index contributed by atoms with van der Waals surface area (Å²) in [5.74, 6) is -0.354. The van der Waals surface area contributed by atoms with Gasteiger partial charge in [0.05, 0.1) is 35.2 Å². The molecule has 1 aromatic heterocycles. The van der Waals surface area contributed by atoms with Crippen LogP contribution in [-0.2, 0) is 26.6 Å². The van der Waals surface area contributed by atoms with Crippen molar-refractivity contribution in [3.63, 3.8) is 0 Å². The Kier molecular flexibility index (Phi) is 7.47. The fourth-order valence-corrected chi connectivity index (χ4v) is 4.94. The largest absolute Gasteiger partial charge is 0.378 e. The van der Waals surface area contributed by atoms with Gasteiger partial charge in [-0.1, -0.05) is 13.8 Å². The van der Waals surface area contributed by atoms with Crippen LogP contribution in [0.5, 0.6) is 0 Å². The molecule has 31 heavy (non-hydrogen) atoms. The van der Waals surface area contributed by atoms with Crippen LogP contribution in [0.4, 0.5) is 11.4 Å². The molecule has 3 rings (SSSR count). The van der Waals surface area contributed by atoms with Crippen LogP contribution in [0.25, 0.3) is 6.08 Å². The highest BCUT2D eigenvalue weighted by Crippen LogP contribution is 2.31. The van der Waals surface area contributed by atoms with Crippen LogP contribution in [0.2, 0.25) is 0 Å². The van der Waals surface area contributed by atoms with Crippen LogP contribution < -0.4 is 10.2 Å². The molecule has 0 bridgehead atoms.